The molecule has 0 aromatic heterocycles. The van der Waals surface area contributed by atoms with Gasteiger partial charge in [-0.1, -0.05) is 24.3 Å². The van der Waals surface area contributed by atoms with Crippen LogP contribution in [-0.4, -0.2) is 19.2 Å². The first-order chi connectivity index (χ1) is 10.6. The summed E-state index contributed by atoms with van der Waals surface area (Å²) >= 11 is 0. The van der Waals surface area contributed by atoms with Crippen molar-refractivity contribution in [2.45, 2.75) is 6.54 Å². The second kappa shape index (κ2) is 7.97. The van der Waals surface area contributed by atoms with Gasteiger partial charge in [0.1, 0.15) is 24.0 Å². The summed E-state index contributed by atoms with van der Waals surface area (Å²) < 4.78 is 31.5. The minimum Gasteiger partial charge on any atom is -0.492 e. The first-order valence-corrected chi connectivity index (χ1v) is 6.78. The molecule has 4 nitrogen and oxygen atoms in total. The molecule has 2 aromatic carbocycles. The van der Waals surface area contributed by atoms with Gasteiger partial charge in [-0.2, -0.15) is 0 Å². The number of carbonyl (C=O) groups is 1. The monoisotopic (exact) mass is 306 g/mol. The Morgan fingerprint density at radius 1 is 1.05 bits per heavy atom. The Balaban J connectivity index is 1.65. The maximum atomic E-state index is 13.3. The second-order valence-corrected chi connectivity index (χ2v) is 4.51. The van der Waals surface area contributed by atoms with E-state index in [1.165, 1.54) is 18.2 Å². The van der Waals surface area contributed by atoms with Gasteiger partial charge in [-0.25, -0.2) is 13.6 Å². The van der Waals surface area contributed by atoms with Crippen LogP contribution in [0.2, 0.25) is 0 Å². The van der Waals surface area contributed by atoms with Crippen LogP contribution in [0.3, 0.4) is 0 Å². The second-order valence-electron chi connectivity index (χ2n) is 4.51. The largest absolute Gasteiger partial charge is 0.492 e. The normalized spacial score (nSPS) is 10.1. The highest BCUT2D eigenvalue weighted by Gasteiger charge is 2.03. The Labute approximate surface area is 127 Å². The van der Waals surface area contributed by atoms with E-state index < -0.39 is 6.03 Å². The van der Waals surface area contributed by atoms with Crippen LogP contribution in [0, 0.1) is 11.6 Å². The number of hydrogen-bond donors (Lipinski definition) is 2. The van der Waals surface area contributed by atoms with Crippen molar-refractivity contribution in [3.8, 4) is 5.75 Å². The average Bonchev–Trinajstić information content (AvgIpc) is 2.51. The van der Waals surface area contributed by atoms with Gasteiger partial charge in [-0.05, 0) is 18.2 Å². The number of ether oxygens (including phenoxy) is 1. The molecule has 0 bridgehead atoms. The number of amides is 2. The zero-order valence-electron chi connectivity index (χ0n) is 11.8. The molecule has 0 radical (unpaired) electrons. The van der Waals surface area contributed by atoms with E-state index in [-0.39, 0.29) is 31.3 Å². The van der Waals surface area contributed by atoms with Gasteiger partial charge >= 0.3 is 6.03 Å². The molecule has 0 atom stereocenters. The maximum Gasteiger partial charge on any atom is 0.315 e. The quantitative estimate of drug-likeness (QED) is 0.806. The lowest BCUT2D eigenvalue weighted by atomic mass is 10.2. The smallest absolute Gasteiger partial charge is 0.315 e. The molecule has 0 fully saturated rings. The van der Waals surface area contributed by atoms with Crippen molar-refractivity contribution in [1.82, 2.24) is 10.6 Å². The maximum absolute atomic E-state index is 13.3. The van der Waals surface area contributed by atoms with Crippen LogP contribution in [-0.2, 0) is 6.54 Å². The van der Waals surface area contributed by atoms with Crippen LogP contribution in [0.5, 0.6) is 5.75 Å². The predicted molar refractivity (Wildman–Crippen MR) is 78.5 cm³/mol. The molecule has 116 valence electrons. The van der Waals surface area contributed by atoms with Gasteiger partial charge in [0.2, 0.25) is 0 Å². The van der Waals surface area contributed by atoms with Crippen molar-refractivity contribution in [3.05, 3.63) is 65.7 Å². The van der Waals surface area contributed by atoms with Crippen LogP contribution >= 0.6 is 0 Å². The molecular formula is C16H16F2N2O2. The van der Waals surface area contributed by atoms with Gasteiger partial charge in [-0.15, -0.1) is 0 Å². The molecular weight excluding hydrogens is 290 g/mol. The molecule has 0 heterocycles. The van der Waals surface area contributed by atoms with Crippen molar-refractivity contribution >= 4 is 6.03 Å². The molecule has 0 saturated carbocycles. The molecule has 0 aliphatic carbocycles. The molecule has 0 aliphatic rings. The summed E-state index contributed by atoms with van der Waals surface area (Å²) in [7, 11) is 0. The lowest BCUT2D eigenvalue weighted by Gasteiger charge is -2.09. The number of benzene rings is 2. The zero-order valence-corrected chi connectivity index (χ0v) is 11.8. The van der Waals surface area contributed by atoms with Gasteiger partial charge < -0.3 is 15.4 Å². The first kappa shape index (κ1) is 15.8. The Bertz CT molecular complexity index is 635. The van der Waals surface area contributed by atoms with Gasteiger partial charge in [-0.3, -0.25) is 0 Å². The van der Waals surface area contributed by atoms with E-state index in [9.17, 15) is 13.6 Å². The number of halogens is 2. The molecule has 0 unspecified atom stereocenters. The Hall–Kier alpha value is -2.63. The summed E-state index contributed by atoms with van der Waals surface area (Å²) in [4.78, 5) is 11.5. The number of carbonyl (C=O) groups excluding carboxylic acids is 1. The van der Waals surface area contributed by atoms with E-state index >= 15 is 0 Å². The Morgan fingerprint density at radius 2 is 1.86 bits per heavy atom. The fourth-order valence-electron chi connectivity index (χ4n) is 1.77. The number of rotatable bonds is 6. The van der Waals surface area contributed by atoms with E-state index in [2.05, 4.69) is 10.6 Å². The average molecular weight is 306 g/mol. The minimum atomic E-state index is -0.425. The highest BCUT2D eigenvalue weighted by atomic mass is 19.1. The molecule has 2 amide bonds. The van der Waals surface area contributed by atoms with Crippen LogP contribution in [0.1, 0.15) is 5.56 Å². The van der Waals surface area contributed by atoms with E-state index in [1.807, 2.05) is 0 Å². The number of hydrogen-bond acceptors (Lipinski definition) is 2. The summed E-state index contributed by atoms with van der Waals surface area (Å²) in [6.45, 7) is 0.555. The predicted octanol–water partition coefficient (Wildman–Crippen LogP) is 2.84. The Kier molecular flexibility index (Phi) is 5.71. The summed E-state index contributed by atoms with van der Waals surface area (Å²) in [6.07, 6.45) is 0. The molecule has 6 heteroatoms. The highest BCUT2D eigenvalue weighted by Crippen LogP contribution is 2.11. The van der Waals surface area contributed by atoms with Crippen molar-refractivity contribution in [2.75, 3.05) is 13.2 Å². The summed E-state index contributed by atoms with van der Waals surface area (Å²) in [5.41, 5.74) is 0.411. The zero-order chi connectivity index (χ0) is 15.8. The molecule has 0 spiro atoms. The highest BCUT2D eigenvalue weighted by molar-refractivity contribution is 5.73. The fraction of sp³-hybridized carbons (Fsp3) is 0.188. The third-order valence-corrected chi connectivity index (χ3v) is 2.85. The van der Waals surface area contributed by atoms with Crippen LogP contribution in [0.25, 0.3) is 0 Å². The molecule has 0 saturated heterocycles. The third-order valence-electron chi connectivity index (χ3n) is 2.85. The lowest BCUT2D eigenvalue weighted by Crippen LogP contribution is -2.37. The van der Waals surface area contributed by atoms with Crippen LogP contribution < -0.4 is 15.4 Å². The summed E-state index contributed by atoms with van der Waals surface area (Å²) in [5, 5.41) is 5.11. The standard InChI is InChI=1S/C16H16F2N2O2/c17-13-5-3-6-14(10-13)22-9-8-19-16(21)20-11-12-4-1-2-7-15(12)18/h1-7,10H,8-9,11H2,(H2,19,20,21). The molecule has 0 aliphatic heterocycles. The van der Waals surface area contributed by atoms with E-state index in [1.54, 1.807) is 30.3 Å². The van der Waals surface area contributed by atoms with Crippen molar-refractivity contribution in [3.63, 3.8) is 0 Å². The van der Waals surface area contributed by atoms with Crippen LogP contribution in [0.15, 0.2) is 48.5 Å². The van der Waals surface area contributed by atoms with Gasteiger partial charge in [0.15, 0.2) is 0 Å². The molecule has 2 aromatic rings. The molecule has 22 heavy (non-hydrogen) atoms. The molecule has 2 rings (SSSR count). The molecule has 2 N–H and O–H groups in total. The Morgan fingerprint density at radius 3 is 2.64 bits per heavy atom. The van der Waals surface area contributed by atoms with Crippen molar-refractivity contribution in [2.24, 2.45) is 0 Å². The minimum absolute atomic E-state index is 0.100. The van der Waals surface area contributed by atoms with Gasteiger partial charge in [0.25, 0.3) is 0 Å². The first-order valence-electron chi connectivity index (χ1n) is 6.78. The van der Waals surface area contributed by atoms with Crippen molar-refractivity contribution < 1.29 is 18.3 Å². The van der Waals surface area contributed by atoms with Gasteiger partial charge in [0.05, 0.1) is 6.54 Å². The van der Waals surface area contributed by atoms with Crippen molar-refractivity contribution in [1.29, 1.82) is 0 Å². The third kappa shape index (κ3) is 5.05. The van der Waals surface area contributed by atoms with Crippen LogP contribution in [0.4, 0.5) is 13.6 Å². The van der Waals surface area contributed by atoms with Gasteiger partial charge in [0, 0.05) is 18.2 Å². The van der Waals surface area contributed by atoms with E-state index in [0.29, 0.717) is 11.3 Å². The van der Waals surface area contributed by atoms with E-state index in [4.69, 9.17) is 4.74 Å². The van der Waals surface area contributed by atoms with E-state index in [0.717, 1.165) is 0 Å². The number of urea groups is 1. The SMILES string of the molecule is O=C(NCCOc1cccc(F)c1)NCc1ccccc1F. The number of nitrogens with one attached hydrogen (secondary N) is 2. The summed E-state index contributed by atoms with van der Waals surface area (Å²) in [6, 6.07) is 11.5. The topological polar surface area (TPSA) is 50.4 Å². The summed E-state index contributed by atoms with van der Waals surface area (Å²) in [5.74, 6) is -0.348. The lowest BCUT2D eigenvalue weighted by molar-refractivity contribution is 0.236. The fourth-order valence-corrected chi connectivity index (χ4v) is 1.77.